The molecule has 0 aromatic heterocycles. The van der Waals surface area contributed by atoms with E-state index >= 15 is 0 Å². The van der Waals surface area contributed by atoms with Crippen molar-refractivity contribution in [2.75, 3.05) is 37.6 Å². The molecule has 1 aliphatic rings. The Balaban J connectivity index is 1.43. The predicted molar refractivity (Wildman–Crippen MR) is 112 cm³/mol. The van der Waals surface area contributed by atoms with E-state index in [-0.39, 0.29) is 23.5 Å². The molecule has 0 unspecified atom stereocenters. The summed E-state index contributed by atoms with van der Waals surface area (Å²) < 4.78 is 12.9. The number of anilines is 1. The number of piperazine rings is 1. The van der Waals surface area contributed by atoms with E-state index in [4.69, 9.17) is 0 Å². The van der Waals surface area contributed by atoms with Crippen molar-refractivity contribution in [2.24, 2.45) is 0 Å². The van der Waals surface area contributed by atoms with E-state index in [1.807, 2.05) is 31.2 Å². The van der Waals surface area contributed by atoms with Crippen LogP contribution in [0.4, 0.5) is 10.1 Å². The standard InChI is InChI=1S/C23H28FN3O2/c1-17(23(29)25-12-11-19-3-7-21(24)8-4-19)26-13-15-27(16-14-26)22-9-5-20(6-10-22)18(2)28/h3-10,17H,11-16H2,1-2H3,(H,25,29)/p+1/t17-/m1/s1. The second-order valence-corrected chi connectivity index (χ2v) is 7.64. The Morgan fingerprint density at radius 1 is 1.07 bits per heavy atom. The SMILES string of the molecule is CC(=O)c1ccc(N2CC[NH+]([C@H](C)C(=O)NCCc3ccc(F)cc3)CC2)cc1. The zero-order chi connectivity index (χ0) is 20.8. The predicted octanol–water partition coefficient (Wildman–Crippen LogP) is 1.48. The van der Waals surface area contributed by atoms with Crippen LogP contribution in [0.15, 0.2) is 48.5 Å². The molecule has 1 amide bonds. The van der Waals surface area contributed by atoms with E-state index in [1.54, 1.807) is 19.1 Å². The van der Waals surface area contributed by atoms with Crippen molar-refractivity contribution in [3.63, 3.8) is 0 Å². The summed E-state index contributed by atoms with van der Waals surface area (Å²) in [5.41, 5.74) is 2.85. The van der Waals surface area contributed by atoms with E-state index in [0.717, 1.165) is 43.0 Å². The fraction of sp³-hybridized carbons (Fsp3) is 0.391. The molecule has 0 spiro atoms. The number of halogens is 1. The van der Waals surface area contributed by atoms with Crippen molar-refractivity contribution in [1.82, 2.24) is 5.32 Å². The molecule has 0 aliphatic carbocycles. The minimum absolute atomic E-state index is 0.0568. The normalized spacial score (nSPS) is 15.8. The van der Waals surface area contributed by atoms with Crippen LogP contribution in [-0.4, -0.2) is 50.5 Å². The van der Waals surface area contributed by atoms with Crippen LogP contribution in [0.5, 0.6) is 0 Å². The van der Waals surface area contributed by atoms with Gasteiger partial charge in [-0.15, -0.1) is 0 Å². The number of rotatable bonds is 7. The molecule has 6 heteroatoms. The maximum Gasteiger partial charge on any atom is 0.278 e. The number of nitrogens with one attached hydrogen (secondary N) is 2. The molecule has 154 valence electrons. The van der Waals surface area contributed by atoms with Gasteiger partial charge in [0, 0.05) is 17.8 Å². The number of ketones is 1. The van der Waals surface area contributed by atoms with Gasteiger partial charge in [0.15, 0.2) is 11.8 Å². The molecule has 1 heterocycles. The monoisotopic (exact) mass is 398 g/mol. The number of quaternary nitrogens is 1. The van der Waals surface area contributed by atoms with Crippen LogP contribution in [0.1, 0.15) is 29.8 Å². The molecule has 5 nitrogen and oxygen atoms in total. The van der Waals surface area contributed by atoms with Crippen molar-refractivity contribution < 1.29 is 18.9 Å². The Kier molecular flexibility index (Phi) is 6.99. The highest BCUT2D eigenvalue weighted by Crippen LogP contribution is 2.15. The highest BCUT2D eigenvalue weighted by molar-refractivity contribution is 5.94. The van der Waals surface area contributed by atoms with Crippen molar-refractivity contribution in [2.45, 2.75) is 26.3 Å². The maximum absolute atomic E-state index is 12.9. The Morgan fingerprint density at radius 3 is 2.28 bits per heavy atom. The molecule has 3 rings (SSSR count). The van der Waals surface area contributed by atoms with Crippen LogP contribution >= 0.6 is 0 Å². The molecule has 1 aliphatic heterocycles. The molecular formula is C23H29FN3O2+. The number of carbonyl (C=O) groups excluding carboxylic acids is 2. The lowest BCUT2D eigenvalue weighted by molar-refractivity contribution is -0.914. The van der Waals surface area contributed by atoms with Crippen molar-refractivity contribution in [3.05, 3.63) is 65.5 Å². The van der Waals surface area contributed by atoms with Gasteiger partial charge >= 0.3 is 0 Å². The maximum atomic E-state index is 12.9. The lowest BCUT2D eigenvalue weighted by Gasteiger charge is -2.36. The zero-order valence-electron chi connectivity index (χ0n) is 17.1. The molecule has 0 radical (unpaired) electrons. The van der Waals surface area contributed by atoms with Gasteiger partial charge in [-0.3, -0.25) is 9.59 Å². The van der Waals surface area contributed by atoms with E-state index < -0.39 is 0 Å². The number of Topliss-reactive ketones (excluding diaryl/α,β-unsaturated/α-hetero) is 1. The molecule has 2 aromatic rings. The van der Waals surface area contributed by atoms with E-state index in [1.165, 1.54) is 17.0 Å². The Bertz CT molecular complexity index is 828. The number of nitrogens with zero attached hydrogens (tertiary/aromatic N) is 1. The molecule has 2 aromatic carbocycles. The Morgan fingerprint density at radius 2 is 1.69 bits per heavy atom. The first-order chi connectivity index (χ1) is 13.9. The summed E-state index contributed by atoms with van der Waals surface area (Å²) in [7, 11) is 0. The second kappa shape index (κ2) is 9.65. The number of hydrogen-bond donors (Lipinski definition) is 2. The number of amides is 1. The molecule has 0 saturated carbocycles. The van der Waals surface area contributed by atoms with Crippen LogP contribution < -0.4 is 15.1 Å². The molecule has 1 atom stereocenters. The third-order valence-electron chi connectivity index (χ3n) is 5.68. The van der Waals surface area contributed by atoms with Gasteiger partial charge in [-0.2, -0.15) is 0 Å². The van der Waals surface area contributed by atoms with Crippen molar-refractivity contribution >= 4 is 17.4 Å². The van der Waals surface area contributed by atoms with Crippen LogP contribution in [0.3, 0.4) is 0 Å². The van der Waals surface area contributed by atoms with Crippen LogP contribution in [0.25, 0.3) is 0 Å². The van der Waals surface area contributed by atoms with E-state index in [0.29, 0.717) is 13.0 Å². The fourth-order valence-corrected chi connectivity index (χ4v) is 3.71. The summed E-state index contributed by atoms with van der Waals surface area (Å²) in [6.45, 7) is 7.63. The van der Waals surface area contributed by atoms with Gasteiger partial charge in [0.25, 0.3) is 5.91 Å². The first kappa shape index (κ1) is 21.0. The molecular weight excluding hydrogens is 369 g/mol. The molecule has 0 bridgehead atoms. The fourth-order valence-electron chi connectivity index (χ4n) is 3.71. The summed E-state index contributed by atoms with van der Waals surface area (Å²) in [5.74, 6) is -0.115. The summed E-state index contributed by atoms with van der Waals surface area (Å²) in [4.78, 5) is 27.5. The number of hydrogen-bond acceptors (Lipinski definition) is 3. The summed E-state index contributed by atoms with van der Waals surface area (Å²) in [5, 5.41) is 3.00. The average molecular weight is 399 g/mol. The smallest absolute Gasteiger partial charge is 0.278 e. The van der Waals surface area contributed by atoms with Gasteiger partial charge in [0.2, 0.25) is 0 Å². The zero-order valence-corrected chi connectivity index (χ0v) is 17.1. The number of benzene rings is 2. The van der Waals surface area contributed by atoms with Crippen LogP contribution in [-0.2, 0) is 11.2 Å². The first-order valence-electron chi connectivity index (χ1n) is 10.2. The highest BCUT2D eigenvalue weighted by Gasteiger charge is 2.29. The number of carbonyl (C=O) groups is 2. The largest absolute Gasteiger partial charge is 0.360 e. The van der Waals surface area contributed by atoms with Crippen LogP contribution in [0.2, 0.25) is 0 Å². The Labute approximate surface area is 171 Å². The Hall–Kier alpha value is -2.73. The average Bonchev–Trinajstić information content (AvgIpc) is 2.74. The lowest BCUT2D eigenvalue weighted by atomic mass is 10.1. The van der Waals surface area contributed by atoms with Gasteiger partial charge in [-0.25, -0.2) is 4.39 Å². The summed E-state index contributed by atoms with van der Waals surface area (Å²) in [6, 6.07) is 14.0. The van der Waals surface area contributed by atoms with Gasteiger partial charge in [0.1, 0.15) is 5.82 Å². The minimum atomic E-state index is -0.246. The molecule has 1 fully saturated rings. The third-order valence-corrected chi connectivity index (χ3v) is 5.68. The van der Waals surface area contributed by atoms with E-state index in [9.17, 15) is 14.0 Å². The van der Waals surface area contributed by atoms with Gasteiger partial charge in [0.05, 0.1) is 26.2 Å². The first-order valence-corrected chi connectivity index (χ1v) is 10.2. The van der Waals surface area contributed by atoms with Crippen LogP contribution in [0, 0.1) is 5.82 Å². The third kappa shape index (κ3) is 5.64. The lowest BCUT2D eigenvalue weighted by Crippen LogP contribution is -3.19. The molecule has 2 N–H and O–H groups in total. The van der Waals surface area contributed by atoms with Gasteiger partial charge in [-0.05, 0) is 62.2 Å². The van der Waals surface area contributed by atoms with Crippen molar-refractivity contribution in [1.29, 1.82) is 0 Å². The molecule has 29 heavy (non-hydrogen) atoms. The minimum Gasteiger partial charge on any atom is -0.360 e. The summed E-state index contributed by atoms with van der Waals surface area (Å²) >= 11 is 0. The quantitative estimate of drug-likeness (QED) is 0.695. The summed E-state index contributed by atoms with van der Waals surface area (Å²) in [6.07, 6.45) is 0.693. The highest BCUT2D eigenvalue weighted by atomic mass is 19.1. The molecule has 1 saturated heterocycles. The van der Waals surface area contributed by atoms with E-state index in [2.05, 4.69) is 10.2 Å². The van der Waals surface area contributed by atoms with Gasteiger partial charge < -0.3 is 15.1 Å². The second-order valence-electron chi connectivity index (χ2n) is 7.64. The topological polar surface area (TPSA) is 53.9 Å². The van der Waals surface area contributed by atoms with Gasteiger partial charge in [-0.1, -0.05) is 12.1 Å². The van der Waals surface area contributed by atoms with Crippen molar-refractivity contribution in [3.8, 4) is 0 Å².